The van der Waals surface area contributed by atoms with Crippen molar-refractivity contribution in [2.24, 2.45) is 0 Å². The van der Waals surface area contributed by atoms with E-state index in [1.165, 1.54) is 22.2 Å². The standard InChI is InChI=1S/C34H38N6O/c1-24-19-25(2)30(20-28(24)23-37-13-15-38(16-14-37)32-9-5-4-7-27(32)21-35)34(41)40-18-17-39(22-26(40)3)33-10-6-8-31-29(33)11-12-36-31/h4-12,19-20,26,36H,13-18,22-23H2,1-3H3. The molecule has 2 saturated heterocycles. The smallest absolute Gasteiger partial charge is 0.254 e. The molecule has 7 nitrogen and oxygen atoms in total. The van der Waals surface area contributed by atoms with Crippen LogP contribution in [-0.2, 0) is 6.54 Å². The highest BCUT2D eigenvalue weighted by Gasteiger charge is 2.30. The first kappa shape index (κ1) is 26.9. The lowest BCUT2D eigenvalue weighted by Crippen LogP contribution is -2.54. The zero-order valence-electron chi connectivity index (χ0n) is 24.2. The van der Waals surface area contributed by atoms with Gasteiger partial charge in [0.25, 0.3) is 5.91 Å². The number of piperazine rings is 2. The number of aromatic amines is 1. The molecule has 0 bridgehead atoms. The summed E-state index contributed by atoms with van der Waals surface area (Å²) in [5, 5.41) is 10.7. The first-order valence-electron chi connectivity index (χ1n) is 14.6. The number of aryl methyl sites for hydroxylation is 2. The van der Waals surface area contributed by atoms with Crippen LogP contribution < -0.4 is 9.80 Å². The summed E-state index contributed by atoms with van der Waals surface area (Å²) < 4.78 is 0. The van der Waals surface area contributed by atoms with Gasteiger partial charge >= 0.3 is 0 Å². The van der Waals surface area contributed by atoms with Crippen molar-refractivity contribution < 1.29 is 4.79 Å². The van der Waals surface area contributed by atoms with Crippen molar-refractivity contribution in [2.45, 2.75) is 33.4 Å². The quantitative estimate of drug-likeness (QED) is 0.367. The maximum Gasteiger partial charge on any atom is 0.254 e. The van der Waals surface area contributed by atoms with E-state index in [0.29, 0.717) is 6.54 Å². The molecule has 0 saturated carbocycles. The van der Waals surface area contributed by atoms with Crippen molar-refractivity contribution in [1.29, 1.82) is 5.26 Å². The predicted molar refractivity (Wildman–Crippen MR) is 166 cm³/mol. The Labute approximate surface area is 242 Å². The number of nitrogens with one attached hydrogen (secondary N) is 1. The molecule has 1 N–H and O–H groups in total. The second-order valence-electron chi connectivity index (χ2n) is 11.5. The third-order valence-corrected chi connectivity index (χ3v) is 8.85. The molecule has 0 aliphatic carbocycles. The number of carbonyl (C=O) groups is 1. The summed E-state index contributed by atoms with van der Waals surface area (Å²) >= 11 is 0. The van der Waals surface area contributed by atoms with Crippen LogP contribution in [0.3, 0.4) is 0 Å². The van der Waals surface area contributed by atoms with Crippen LogP contribution >= 0.6 is 0 Å². The third-order valence-electron chi connectivity index (χ3n) is 8.85. The maximum absolute atomic E-state index is 13.9. The fraction of sp³-hybridized carbons (Fsp3) is 0.353. The van der Waals surface area contributed by atoms with Gasteiger partial charge in [-0.15, -0.1) is 0 Å². The molecule has 2 aliphatic rings. The molecule has 1 unspecified atom stereocenters. The number of carbonyl (C=O) groups excluding carboxylic acids is 1. The first-order valence-corrected chi connectivity index (χ1v) is 14.6. The minimum absolute atomic E-state index is 0.110. The average Bonchev–Trinajstić information content (AvgIpc) is 3.48. The SMILES string of the molecule is Cc1cc(C)c(C(=O)N2CCN(c3cccc4[nH]ccc34)CC2C)cc1CN1CCN(c2ccccc2C#N)CC1. The van der Waals surface area contributed by atoms with Crippen molar-refractivity contribution in [1.82, 2.24) is 14.8 Å². The van der Waals surface area contributed by atoms with Gasteiger partial charge in [0, 0.05) is 86.8 Å². The van der Waals surface area contributed by atoms with Crippen molar-refractivity contribution in [3.8, 4) is 6.07 Å². The summed E-state index contributed by atoms with van der Waals surface area (Å²) in [5.41, 5.74) is 8.44. The average molecular weight is 547 g/mol. The van der Waals surface area contributed by atoms with E-state index >= 15 is 0 Å². The summed E-state index contributed by atoms with van der Waals surface area (Å²) in [6.07, 6.45) is 1.99. The van der Waals surface area contributed by atoms with E-state index < -0.39 is 0 Å². The molecule has 210 valence electrons. The number of para-hydroxylation sites is 1. The molecule has 41 heavy (non-hydrogen) atoms. The number of aromatic nitrogens is 1. The minimum atomic E-state index is 0.110. The van der Waals surface area contributed by atoms with Gasteiger partial charge in [-0.1, -0.05) is 24.3 Å². The zero-order chi connectivity index (χ0) is 28.5. The summed E-state index contributed by atoms with van der Waals surface area (Å²) in [4.78, 5) is 26.5. The highest BCUT2D eigenvalue weighted by atomic mass is 16.2. The Bertz CT molecular complexity index is 1610. The summed E-state index contributed by atoms with van der Waals surface area (Å²) in [6.45, 7) is 13.1. The summed E-state index contributed by atoms with van der Waals surface area (Å²) in [6, 6.07) is 23.1. The minimum Gasteiger partial charge on any atom is -0.368 e. The Morgan fingerprint density at radius 1 is 0.902 bits per heavy atom. The van der Waals surface area contributed by atoms with Crippen LogP contribution in [0.15, 0.2) is 66.9 Å². The van der Waals surface area contributed by atoms with Gasteiger partial charge in [-0.2, -0.15) is 5.26 Å². The lowest BCUT2D eigenvalue weighted by atomic mass is 9.97. The molecule has 0 spiro atoms. The third kappa shape index (κ3) is 5.28. The summed E-state index contributed by atoms with van der Waals surface area (Å²) in [7, 11) is 0. The fourth-order valence-electron chi connectivity index (χ4n) is 6.51. The number of anilines is 2. The molecule has 1 atom stereocenters. The number of fused-ring (bicyclic) bond motifs is 1. The molecule has 3 aromatic carbocycles. The Balaban J connectivity index is 1.13. The second-order valence-corrected chi connectivity index (χ2v) is 11.5. The lowest BCUT2D eigenvalue weighted by Gasteiger charge is -2.41. The van der Waals surface area contributed by atoms with Crippen molar-refractivity contribution in [2.75, 3.05) is 55.6 Å². The Morgan fingerprint density at radius 2 is 1.66 bits per heavy atom. The van der Waals surface area contributed by atoms with Gasteiger partial charge in [-0.05, 0) is 73.9 Å². The van der Waals surface area contributed by atoms with Crippen LogP contribution in [0.4, 0.5) is 11.4 Å². The monoisotopic (exact) mass is 546 g/mol. The van der Waals surface area contributed by atoms with Crippen LogP contribution in [0, 0.1) is 25.2 Å². The largest absolute Gasteiger partial charge is 0.368 e. The van der Waals surface area contributed by atoms with Crippen LogP contribution in [0.25, 0.3) is 10.9 Å². The molecule has 0 radical (unpaired) electrons. The number of H-pyrrole nitrogens is 1. The predicted octanol–water partition coefficient (Wildman–Crippen LogP) is 5.33. The topological polar surface area (TPSA) is 69.6 Å². The summed E-state index contributed by atoms with van der Waals surface area (Å²) in [5.74, 6) is 0.133. The van der Waals surface area contributed by atoms with Crippen LogP contribution in [0.5, 0.6) is 0 Å². The molecule has 7 heteroatoms. The highest BCUT2D eigenvalue weighted by Crippen LogP contribution is 2.29. The van der Waals surface area contributed by atoms with Gasteiger partial charge in [0.15, 0.2) is 0 Å². The number of nitrogens with zero attached hydrogens (tertiary/aromatic N) is 5. The Hall–Kier alpha value is -4.28. The van der Waals surface area contributed by atoms with E-state index in [2.05, 4.69) is 87.8 Å². The number of benzene rings is 3. The van der Waals surface area contributed by atoms with Gasteiger partial charge < -0.3 is 19.7 Å². The lowest BCUT2D eigenvalue weighted by molar-refractivity contribution is 0.0673. The number of nitriles is 1. The van der Waals surface area contributed by atoms with E-state index in [1.807, 2.05) is 30.5 Å². The molecular formula is C34H38N6O. The zero-order valence-corrected chi connectivity index (χ0v) is 24.2. The molecule has 1 aromatic heterocycles. The van der Waals surface area contributed by atoms with Crippen molar-refractivity contribution in [3.05, 3.63) is 94.7 Å². The van der Waals surface area contributed by atoms with E-state index in [0.717, 1.165) is 73.7 Å². The Kier molecular flexibility index (Phi) is 7.42. The highest BCUT2D eigenvalue weighted by molar-refractivity contribution is 5.97. The number of hydrogen-bond acceptors (Lipinski definition) is 5. The first-order chi connectivity index (χ1) is 19.9. The molecule has 4 aromatic rings. The maximum atomic E-state index is 13.9. The van der Waals surface area contributed by atoms with Gasteiger partial charge in [0.05, 0.1) is 11.3 Å². The normalized spacial score (nSPS) is 18.1. The molecule has 6 rings (SSSR count). The Morgan fingerprint density at radius 3 is 2.44 bits per heavy atom. The van der Waals surface area contributed by atoms with Crippen LogP contribution in [0.2, 0.25) is 0 Å². The van der Waals surface area contributed by atoms with E-state index in [9.17, 15) is 10.1 Å². The van der Waals surface area contributed by atoms with Gasteiger partial charge in [0.2, 0.25) is 0 Å². The van der Waals surface area contributed by atoms with Crippen LogP contribution in [-0.4, -0.2) is 72.5 Å². The number of hydrogen-bond donors (Lipinski definition) is 1. The van der Waals surface area contributed by atoms with E-state index in [1.54, 1.807) is 0 Å². The molecule has 1 amide bonds. The molecule has 2 aliphatic heterocycles. The number of rotatable bonds is 5. The van der Waals surface area contributed by atoms with Crippen LogP contribution in [0.1, 0.15) is 39.5 Å². The van der Waals surface area contributed by atoms with Crippen molar-refractivity contribution in [3.63, 3.8) is 0 Å². The van der Waals surface area contributed by atoms with E-state index in [4.69, 9.17) is 0 Å². The van der Waals surface area contributed by atoms with Gasteiger partial charge in [-0.25, -0.2) is 0 Å². The van der Waals surface area contributed by atoms with Gasteiger partial charge in [-0.3, -0.25) is 9.69 Å². The molecule has 3 heterocycles. The second kappa shape index (κ2) is 11.3. The molecular weight excluding hydrogens is 508 g/mol. The van der Waals surface area contributed by atoms with Gasteiger partial charge in [0.1, 0.15) is 6.07 Å². The fourth-order valence-corrected chi connectivity index (χ4v) is 6.51. The van der Waals surface area contributed by atoms with E-state index in [-0.39, 0.29) is 11.9 Å². The molecule has 2 fully saturated rings. The number of amides is 1. The van der Waals surface area contributed by atoms with Crippen molar-refractivity contribution >= 4 is 28.2 Å².